The first-order chi connectivity index (χ1) is 7.20. The number of ether oxygens (including phenoxy) is 1. The van der Waals surface area contributed by atoms with Gasteiger partial charge < -0.3 is 4.74 Å². The molecule has 1 rings (SSSR count). The van der Waals surface area contributed by atoms with Gasteiger partial charge in [-0.15, -0.1) is 0 Å². The summed E-state index contributed by atoms with van der Waals surface area (Å²) in [6.45, 7) is 4.13. The Labute approximate surface area is 96.1 Å². The first-order valence-electron chi connectivity index (χ1n) is 4.97. The lowest BCUT2D eigenvalue weighted by atomic mass is 9.95. The second-order valence-corrected chi connectivity index (χ2v) is 3.97. The molecule has 0 amide bonds. The lowest BCUT2D eigenvalue weighted by Crippen LogP contribution is -2.12. The van der Waals surface area contributed by atoms with Crippen LogP contribution in [0.1, 0.15) is 35.9 Å². The molecule has 0 saturated heterocycles. The highest BCUT2D eigenvalue weighted by molar-refractivity contribution is 7.80. The molecule has 82 valence electrons. The molecule has 0 N–H and O–H groups in total. The second kappa shape index (κ2) is 5.93. The van der Waals surface area contributed by atoms with E-state index in [2.05, 4.69) is 26.5 Å². The standard InChI is InChI=1S/C12H16O2S/c1-9(2)12(14-8-15)11-6-4-3-5-10(11)7-13/h3-7,9,12,15H,8H2,1-2H3. The fourth-order valence-electron chi connectivity index (χ4n) is 1.60. The molecule has 0 bridgehead atoms. The summed E-state index contributed by atoms with van der Waals surface area (Å²) in [4.78, 5) is 10.9. The van der Waals surface area contributed by atoms with Crippen molar-refractivity contribution in [1.82, 2.24) is 0 Å². The molecule has 1 unspecified atom stereocenters. The fourth-order valence-corrected chi connectivity index (χ4v) is 1.76. The Morgan fingerprint density at radius 3 is 2.60 bits per heavy atom. The molecule has 0 heterocycles. The van der Waals surface area contributed by atoms with Crippen molar-refractivity contribution in [2.45, 2.75) is 20.0 Å². The highest BCUT2D eigenvalue weighted by Gasteiger charge is 2.18. The summed E-state index contributed by atoms with van der Waals surface area (Å²) >= 11 is 4.06. The number of thiol groups is 1. The molecular formula is C12H16O2S. The molecule has 15 heavy (non-hydrogen) atoms. The number of carbonyl (C=O) groups excluding carboxylic acids is 1. The molecule has 0 spiro atoms. The van der Waals surface area contributed by atoms with E-state index in [1.807, 2.05) is 18.2 Å². The quantitative estimate of drug-likeness (QED) is 0.472. The van der Waals surface area contributed by atoms with Gasteiger partial charge in [-0.2, -0.15) is 12.6 Å². The Morgan fingerprint density at radius 2 is 2.07 bits per heavy atom. The van der Waals surface area contributed by atoms with E-state index in [1.165, 1.54) is 0 Å². The van der Waals surface area contributed by atoms with Gasteiger partial charge >= 0.3 is 0 Å². The normalized spacial score (nSPS) is 12.8. The molecule has 0 saturated carbocycles. The van der Waals surface area contributed by atoms with Gasteiger partial charge in [0.25, 0.3) is 0 Å². The van der Waals surface area contributed by atoms with Crippen LogP contribution >= 0.6 is 12.6 Å². The summed E-state index contributed by atoms with van der Waals surface area (Å²) in [5, 5.41) is 0. The molecule has 3 heteroatoms. The van der Waals surface area contributed by atoms with Crippen molar-refractivity contribution in [3.05, 3.63) is 35.4 Å². The lowest BCUT2D eigenvalue weighted by Gasteiger charge is -2.22. The number of rotatable bonds is 5. The molecule has 0 fully saturated rings. The summed E-state index contributed by atoms with van der Waals surface area (Å²) in [7, 11) is 0. The Kier molecular flexibility index (Phi) is 4.85. The van der Waals surface area contributed by atoms with Gasteiger partial charge in [-0.25, -0.2) is 0 Å². The number of hydrogen-bond acceptors (Lipinski definition) is 3. The molecular weight excluding hydrogens is 208 g/mol. The van der Waals surface area contributed by atoms with Gasteiger partial charge in [-0.1, -0.05) is 38.1 Å². The van der Waals surface area contributed by atoms with Gasteiger partial charge in [0.1, 0.15) is 6.29 Å². The van der Waals surface area contributed by atoms with Crippen molar-refractivity contribution in [2.24, 2.45) is 5.92 Å². The average molecular weight is 224 g/mol. The smallest absolute Gasteiger partial charge is 0.150 e. The highest BCUT2D eigenvalue weighted by Crippen LogP contribution is 2.27. The Bertz CT molecular complexity index is 323. The van der Waals surface area contributed by atoms with Gasteiger partial charge in [0.05, 0.1) is 12.0 Å². The summed E-state index contributed by atoms with van der Waals surface area (Å²) < 4.78 is 5.54. The first-order valence-corrected chi connectivity index (χ1v) is 5.60. The van der Waals surface area contributed by atoms with Crippen LogP contribution in [-0.2, 0) is 4.74 Å². The lowest BCUT2D eigenvalue weighted by molar-refractivity contribution is 0.0535. The highest BCUT2D eigenvalue weighted by atomic mass is 32.1. The number of aldehydes is 1. The zero-order valence-electron chi connectivity index (χ0n) is 9.01. The van der Waals surface area contributed by atoms with E-state index in [9.17, 15) is 4.79 Å². The van der Waals surface area contributed by atoms with E-state index in [1.54, 1.807) is 6.07 Å². The summed E-state index contributed by atoms with van der Waals surface area (Å²) in [5.41, 5.74) is 1.63. The van der Waals surface area contributed by atoms with Crippen LogP contribution in [0, 0.1) is 5.92 Å². The topological polar surface area (TPSA) is 26.3 Å². The van der Waals surface area contributed by atoms with Crippen molar-refractivity contribution in [3.63, 3.8) is 0 Å². The van der Waals surface area contributed by atoms with Gasteiger partial charge in [0.15, 0.2) is 0 Å². The first kappa shape index (κ1) is 12.3. The third kappa shape index (κ3) is 3.08. The van der Waals surface area contributed by atoms with E-state index >= 15 is 0 Å². The summed E-state index contributed by atoms with van der Waals surface area (Å²) in [6.07, 6.45) is 0.802. The number of carbonyl (C=O) groups is 1. The van der Waals surface area contributed by atoms with E-state index in [0.717, 1.165) is 11.8 Å². The van der Waals surface area contributed by atoms with Gasteiger partial charge in [0, 0.05) is 5.56 Å². The molecule has 0 aromatic heterocycles. The van der Waals surface area contributed by atoms with Crippen LogP contribution in [0.3, 0.4) is 0 Å². The van der Waals surface area contributed by atoms with Crippen molar-refractivity contribution in [1.29, 1.82) is 0 Å². The largest absolute Gasteiger partial charge is 0.363 e. The maximum absolute atomic E-state index is 10.9. The SMILES string of the molecule is CC(C)C(OCS)c1ccccc1C=O. The molecule has 1 aromatic rings. The molecule has 2 nitrogen and oxygen atoms in total. The molecule has 1 atom stereocenters. The van der Waals surface area contributed by atoms with Crippen molar-refractivity contribution < 1.29 is 9.53 Å². The minimum absolute atomic E-state index is 0.0658. The Balaban J connectivity index is 3.04. The van der Waals surface area contributed by atoms with Crippen molar-refractivity contribution >= 4 is 18.9 Å². The predicted octanol–water partition coefficient (Wildman–Crippen LogP) is 3.10. The molecule has 0 aliphatic heterocycles. The molecule has 0 aliphatic carbocycles. The van der Waals surface area contributed by atoms with E-state index in [-0.39, 0.29) is 6.10 Å². The summed E-state index contributed by atoms with van der Waals surface area (Å²) in [6, 6.07) is 7.50. The molecule has 0 radical (unpaired) electrons. The minimum atomic E-state index is -0.0658. The van der Waals surface area contributed by atoms with Crippen LogP contribution in [0.15, 0.2) is 24.3 Å². The van der Waals surface area contributed by atoms with Crippen LogP contribution in [0.5, 0.6) is 0 Å². The average Bonchev–Trinajstić information content (AvgIpc) is 2.25. The Morgan fingerprint density at radius 1 is 1.40 bits per heavy atom. The number of benzene rings is 1. The second-order valence-electron chi connectivity index (χ2n) is 3.71. The fraction of sp³-hybridized carbons (Fsp3) is 0.417. The predicted molar refractivity (Wildman–Crippen MR) is 64.3 cm³/mol. The molecule has 0 aliphatic rings. The van der Waals surface area contributed by atoms with Gasteiger partial charge in [-0.05, 0) is 11.5 Å². The van der Waals surface area contributed by atoms with E-state index < -0.39 is 0 Å². The summed E-state index contributed by atoms with van der Waals surface area (Å²) in [5.74, 6) is 0.675. The van der Waals surface area contributed by atoms with Crippen LogP contribution in [-0.4, -0.2) is 12.2 Å². The number of hydrogen-bond donors (Lipinski definition) is 1. The van der Waals surface area contributed by atoms with Crippen LogP contribution in [0.25, 0.3) is 0 Å². The monoisotopic (exact) mass is 224 g/mol. The zero-order chi connectivity index (χ0) is 11.3. The van der Waals surface area contributed by atoms with Crippen LogP contribution < -0.4 is 0 Å². The maximum Gasteiger partial charge on any atom is 0.150 e. The van der Waals surface area contributed by atoms with Crippen molar-refractivity contribution in [3.8, 4) is 0 Å². The zero-order valence-corrected chi connectivity index (χ0v) is 9.91. The van der Waals surface area contributed by atoms with Crippen LogP contribution in [0.2, 0.25) is 0 Å². The van der Waals surface area contributed by atoms with Gasteiger partial charge in [0.2, 0.25) is 0 Å². The van der Waals surface area contributed by atoms with Crippen molar-refractivity contribution in [2.75, 3.05) is 5.94 Å². The minimum Gasteiger partial charge on any atom is -0.363 e. The molecule has 1 aromatic carbocycles. The van der Waals surface area contributed by atoms with E-state index in [0.29, 0.717) is 17.4 Å². The Hall–Kier alpha value is -0.800. The third-order valence-electron chi connectivity index (χ3n) is 2.29. The van der Waals surface area contributed by atoms with E-state index in [4.69, 9.17) is 4.74 Å². The van der Waals surface area contributed by atoms with Gasteiger partial charge in [-0.3, -0.25) is 4.79 Å². The van der Waals surface area contributed by atoms with Crippen LogP contribution in [0.4, 0.5) is 0 Å². The third-order valence-corrected chi connectivity index (χ3v) is 2.44. The maximum atomic E-state index is 10.9.